The summed E-state index contributed by atoms with van der Waals surface area (Å²) in [6, 6.07) is 8.12. The van der Waals surface area contributed by atoms with E-state index in [2.05, 4.69) is 37.4 Å². The standard InChI is InChI=1S/C33H38ClFN6O2/c1-40-9-6-33(7-10-40)15-21(16-33)19-43-30-14-28-25(32(37-20-36-28)38-24-4-5-27(35)26(34)12-24)13-29(30)39-31(42)3-2-8-41-17-22-11-23(22)18-41/h2-5,12-14,20-23H,6-11,15-19H2,1H3,(H,39,42)(H,36,37,38)/b3-2+. The van der Waals surface area contributed by atoms with Crippen LogP contribution in [-0.4, -0.2) is 72.1 Å². The van der Waals surface area contributed by atoms with Crippen molar-refractivity contribution < 1.29 is 13.9 Å². The largest absolute Gasteiger partial charge is 0.491 e. The maximum Gasteiger partial charge on any atom is 0.248 e. The summed E-state index contributed by atoms with van der Waals surface area (Å²) in [6.07, 6.45) is 11.3. The van der Waals surface area contributed by atoms with Crippen LogP contribution in [0.4, 0.5) is 21.6 Å². The molecular weight excluding hydrogens is 567 g/mol. The highest BCUT2D eigenvalue weighted by Crippen LogP contribution is 2.52. The fourth-order valence-corrected chi connectivity index (χ4v) is 7.41. The Labute approximate surface area is 256 Å². The Bertz CT molecular complexity index is 1540. The number of ether oxygens (including phenoxy) is 1. The first kappa shape index (κ1) is 28.5. The van der Waals surface area contributed by atoms with Gasteiger partial charge in [0.15, 0.2) is 0 Å². The Kier molecular flexibility index (Phi) is 7.74. The van der Waals surface area contributed by atoms with Gasteiger partial charge in [-0.25, -0.2) is 14.4 Å². The summed E-state index contributed by atoms with van der Waals surface area (Å²) in [4.78, 5) is 26.8. The van der Waals surface area contributed by atoms with Crippen LogP contribution in [0.1, 0.15) is 32.1 Å². The zero-order chi connectivity index (χ0) is 29.6. The van der Waals surface area contributed by atoms with Crippen LogP contribution in [0.25, 0.3) is 10.9 Å². The molecule has 2 saturated heterocycles. The smallest absolute Gasteiger partial charge is 0.248 e. The number of likely N-dealkylation sites (tertiary alicyclic amines) is 2. The lowest BCUT2D eigenvalue weighted by molar-refractivity contribution is -0.111. The minimum absolute atomic E-state index is 0.0165. The van der Waals surface area contributed by atoms with Crippen LogP contribution in [0.15, 0.2) is 48.8 Å². The highest BCUT2D eigenvalue weighted by atomic mass is 35.5. The predicted molar refractivity (Wildman–Crippen MR) is 167 cm³/mol. The Hall–Kier alpha value is -3.27. The molecule has 2 aliphatic heterocycles. The van der Waals surface area contributed by atoms with Crippen LogP contribution < -0.4 is 15.4 Å². The summed E-state index contributed by atoms with van der Waals surface area (Å²) >= 11 is 6.00. The van der Waals surface area contributed by atoms with E-state index in [4.69, 9.17) is 16.3 Å². The maximum atomic E-state index is 13.7. The number of rotatable bonds is 9. The van der Waals surface area contributed by atoms with Crippen molar-refractivity contribution in [1.82, 2.24) is 19.8 Å². The molecule has 226 valence electrons. The van der Waals surface area contributed by atoms with E-state index in [9.17, 15) is 9.18 Å². The van der Waals surface area contributed by atoms with Gasteiger partial charge < -0.3 is 20.3 Å². The Balaban J connectivity index is 1.09. The highest BCUT2D eigenvalue weighted by molar-refractivity contribution is 6.31. The summed E-state index contributed by atoms with van der Waals surface area (Å²) in [5.41, 5.74) is 2.29. The number of anilines is 3. The average molecular weight is 605 g/mol. The Morgan fingerprint density at radius 3 is 2.72 bits per heavy atom. The molecule has 2 aliphatic carbocycles. The van der Waals surface area contributed by atoms with Gasteiger partial charge in [0.05, 0.1) is 22.8 Å². The first-order valence-electron chi connectivity index (χ1n) is 15.3. The summed E-state index contributed by atoms with van der Waals surface area (Å²) in [6.45, 7) is 5.98. The zero-order valence-corrected chi connectivity index (χ0v) is 25.2. The van der Waals surface area contributed by atoms with Crippen molar-refractivity contribution in [3.8, 4) is 5.75 Å². The number of aromatic nitrogens is 2. The molecule has 1 amide bonds. The fraction of sp³-hybridized carbons (Fsp3) is 0.485. The molecular formula is C33H38ClFN6O2. The number of amides is 1. The number of carbonyl (C=O) groups excluding carboxylic acids is 1. The van der Waals surface area contributed by atoms with Gasteiger partial charge in [-0.1, -0.05) is 17.7 Å². The minimum Gasteiger partial charge on any atom is -0.491 e. The minimum atomic E-state index is -0.491. The number of piperidine rings is 2. The fourth-order valence-electron chi connectivity index (χ4n) is 7.23. The molecule has 7 rings (SSSR count). The topological polar surface area (TPSA) is 82.6 Å². The molecule has 43 heavy (non-hydrogen) atoms. The van der Waals surface area contributed by atoms with Crippen molar-refractivity contribution in [2.24, 2.45) is 23.2 Å². The molecule has 2 saturated carbocycles. The molecule has 2 atom stereocenters. The van der Waals surface area contributed by atoms with Crippen LogP contribution in [0.3, 0.4) is 0 Å². The zero-order valence-electron chi connectivity index (χ0n) is 24.5. The van der Waals surface area contributed by atoms with Crippen LogP contribution in [0.5, 0.6) is 5.75 Å². The van der Waals surface area contributed by atoms with Crippen LogP contribution in [0, 0.1) is 29.0 Å². The lowest BCUT2D eigenvalue weighted by Crippen LogP contribution is -2.47. The van der Waals surface area contributed by atoms with Crippen molar-refractivity contribution in [2.75, 3.05) is 57.0 Å². The third-order valence-corrected chi connectivity index (χ3v) is 10.1. The molecule has 0 bridgehead atoms. The SMILES string of the molecule is CN1CCC2(CC1)CC(COc1cc3ncnc(Nc4ccc(F)c(Cl)c4)c3cc1NC(=O)/C=C/CN1CC3CC3C1)C2. The van der Waals surface area contributed by atoms with Gasteiger partial charge in [0, 0.05) is 42.9 Å². The van der Waals surface area contributed by atoms with E-state index in [1.165, 1.54) is 63.7 Å². The molecule has 4 fully saturated rings. The van der Waals surface area contributed by atoms with Gasteiger partial charge in [0.1, 0.15) is 23.7 Å². The predicted octanol–water partition coefficient (Wildman–Crippen LogP) is 6.11. The summed E-state index contributed by atoms with van der Waals surface area (Å²) in [5, 5.41) is 6.97. The van der Waals surface area contributed by atoms with Gasteiger partial charge in [-0.2, -0.15) is 0 Å². The van der Waals surface area contributed by atoms with E-state index in [1.807, 2.05) is 18.2 Å². The van der Waals surface area contributed by atoms with Crippen LogP contribution in [0.2, 0.25) is 5.02 Å². The summed E-state index contributed by atoms with van der Waals surface area (Å²) < 4.78 is 20.1. The van der Waals surface area contributed by atoms with E-state index < -0.39 is 5.82 Å². The van der Waals surface area contributed by atoms with Crippen LogP contribution in [-0.2, 0) is 4.79 Å². The molecule has 10 heteroatoms. The second-order valence-electron chi connectivity index (χ2n) is 13.1. The first-order valence-corrected chi connectivity index (χ1v) is 15.7. The third-order valence-electron chi connectivity index (χ3n) is 9.83. The second-order valence-corrected chi connectivity index (χ2v) is 13.5. The average Bonchev–Trinajstić information content (AvgIpc) is 3.59. The van der Waals surface area contributed by atoms with Crippen LogP contribution >= 0.6 is 11.6 Å². The molecule has 4 aliphatic rings. The van der Waals surface area contributed by atoms with Gasteiger partial charge in [0.2, 0.25) is 5.91 Å². The maximum absolute atomic E-state index is 13.7. The van der Waals surface area contributed by atoms with Gasteiger partial charge in [-0.15, -0.1) is 0 Å². The van der Waals surface area contributed by atoms with E-state index in [-0.39, 0.29) is 10.9 Å². The van der Waals surface area contributed by atoms with E-state index in [1.54, 1.807) is 12.1 Å². The molecule has 2 unspecified atom stereocenters. The third kappa shape index (κ3) is 6.35. The number of benzene rings is 2. The Morgan fingerprint density at radius 2 is 1.95 bits per heavy atom. The van der Waals surface area contributed by atoms with Gasteiger partial charge in [0.25, 0.3) is 0 Å². The lowest BCUT2D eigenvalue weighted by Gasteiger charge is -2.51. The van der Waals surface area contributed by atoms with Gasteiger partial charge in [-0.05, 0) is 99.7 Å². The lowest BCUT2D eigenvalue weighted by atomic mass is 9.58. The molecule has 1 aromatic heterocycles. The number of hydrogen-bond donors (Lipinski definition) is 2. The number of carbonyl (C=O) groups is 1. The molecule has 8 nitrogen and oxygen atoms in total. The van der Waals surface area contributed by atoms with Crippen molar-refractivity contribution in [1.29, 1.82) is 0 Å². The van der Waals surface area contributed by atoms with E-state index in [0.29, 0.717) is 51.8 Å². The first-order chi connectivity index (χ1) is 20.8. The number of fused-ring (bicyclic) bond motifs is 2. The summed E-state index contributed by atoms with van der Waals surface area (Å²) in [7, 11) is 2.20. The number of hydrogen-bond acceptors (Lipinski definition) is 7. The molecule has 3 aromatic rings. The van der Waals surface area contributed by atoms with Gasteiger partial charge >= 0.3 is 0 Å². The molecule has 2 N–H and O–H groups in total. The molecule has 2 aromatic carbocycles. The number of nitrogens with one attached hydrogen (secondary N) is 2. The number of nitrogens with zero attached hydrogens (tertiary/aromatic N) is 4. The van der Waals surface area contributed by atoms with Crippen molar-refractivity contribution in [3.05, 3.63) is 59.7 Å². The van der Waals surface area contributed by atoms with E-state index >= 15 is 0 Å². The monoisotopic (exact) mass is 604 g/mol. The number of halogens is 2. The van der Waals surface area contributed by atoms with Crippen molar-refractivity contribution >= 4 is 45.6 Å². The van der Waals surface area contributed by atoms with Gasteiger partial charge in [-0.3, -0.25) is 9.69 Å². The Morgan fingerprint density at radius 1 is 1.16 bits per heavy atom. The van der Waals surface area contributed by atoms with E-state index in [0.717, 1.165) is 31.5 Å². The molecule has 1 spiro atoms. The highest BCUT2D eigenvalue weighted by Gasteiger charge is 2.46. The summed E-state index contributed by atoms with van der Waals surface area (Å²) in [5.74, 6) is 2.63. The van der Waals surface area contributed by atoms with Crippen molar-refractivity contribution in [2.45, 2.75) is 32.1 Å². The quantitative estimate of drug-likeness (QED) is 0.285. The van der Waals surface area contributed by atoms with Crippen molar-refractivity contribution in [3.63, 3.8) is 0 Å². The molecule has 0 radical (unpaired) electrons. The molecule has 3 heterocycles. The second kappa shape index (κ2) is 11.7. The normalized spacial score (nSPS) is 23.4.